The van der Waals surface area contributed by atoms with Crippen molar-refractivity contribution in [2.75, 3.05) is 19.0 Å². The van der Waals surface area contributed by atoms with Gasteiger partial charge in [-0.05, 0) is 49.2 Å². The average molecular weight is 399 g/mol. The van der Waals surface area contributed by atoms with Gasteiger partial charge in [0, 0.05) is 17.9 Å². The summed E-state index contributed by atoms with van der Waals surface area (Å²) in [6.07, 6.45) is 2.27. The van der Waals surface area contributed by atoms with Crippen molar-refractivity contribution < 1.29 is 13.9 Å². The second kappa shape index (κ2) is 9.21. The zero-order valence-corrected chi connectivity index (χ0v) is 16.3. The maximum Gasteiger partial charge on any atom is 0.191 e. The summed E-state index contributed by atoms with van der Waals surface area (Å²) in [6.45, 7) is 2.07. The molecule has 0 radical (unpaired) electrons. The number of ether oxygens (including phenoxy) is 2. The van der Waals surface area contributed by atoms with Crippen LogP contribution in [0.2, 0.25) is 0 Å². The second-order valence-corrected chi connectivity index (χ2v) is 7.63. The van der Waals surface area contributed by atoms with Crippen LogP contribution in [0.5, 0.6) is 5.75 Å². The van der Waals surface area contributed by atoms with Crippen LogP contribution in [0.25, 0.3) is 11.4 Å². The molecule has 5 nitrogen and oxygen atoms in total. The molecule has 0 spiro atoms. The minimum Gasteiger partial charge on any atom is -0.493 e. The van der Waals surface area contributed by atoms with Crippen LogP contribution < -0.4 is 4.74 Å². The van der Waals surface area contributed by atoms with Gasteiger partial charge in [-0.3, -0.25) is 4.57 Å². The molecular weight excluding hydrogens is 377 g/mol. The Kier molecular flexibility index (Phi) is 6.24. The summed E-state index contributed by atoms with van der Waals surface area (Å²) in [5, 5.41) is 9.57. The molecule has 1 aliphatic heterocycles. The van der Waals surface area contributed by atoms with E-state index in [0.29, 0.717) is 13.2 Å². The molecule has 0 saturated carbocycles. The van der Waals surface area contributed by atoms with Crippen LogP contribution in [0.15, 0.2) is 59.8 Å². The van der Waals surface area contributed by atoms with E-state index in [1.54, 1.807) is 23.9 Å². The lowest BCUT2D eigenvalue weighted by atomic mass is 10.2. The SMILES string of the molecule is Fc1ccc(-c2nnc(SCCOc3ccccc3)n2CC2CCCO2)cc1. The molecule has 7 heteroatoms. The first kappa shape index (κ1) is 19.0. The quantitative estimate of drug-likeness (QED) is 0.414. The lowest BCUT2D eigenvalue weighted by molar-refractivity contribution is 0.0953. The summed E-state index contributed by atoms with van der Waals surface area (Å²) < 4.78 is 26.9. The molecule has 146 valence electrons. The zero-order chi connectivity index (χ0) is 19.2. The van der Waals surface area contributed by atoms with Crippen molar-refractivity contribution >= 4 is 11.8 Å². The summed E-state index contributed by atoms with van der Waals surface area (Å²) in [6, 6.07) is 16.1. The number of rotatable bonds is 8. The van der Waals surface area contributed by atoms with E-state index >= 15 is 0 Å². The molecule has 1 aromatic heterocycles. The normalized spacial score (nSPS) is 16.4. The number of hydrogen-bond donors (Lipinski definition) is 0. The van der Waals surface area contributed by atoms with Gasteiger partial charge in [-0.2, -0.15) is 0 Å². The Morgan fingerprint density at radius 1 is 1.11 bits per heavy atom. The predicted octanol–water partition coefficient (Wildman–Crippen LogP) is 4.43. The van der Waals surface area contributed by atoms with Gasteiger partial charge < -0.3 is 9.47 Å². The molecule has 1 unspecified atom stereocenters. The first-order valence-electron chi connectivity index (χ1n) is 9.41. The zero-order valence-electron chi connectivity index (χ0n) is 15.5. The second-order valence-electron chi connectivity index (χ2n) is 6.57. The highest BCUT2D eigenvalue weighted by Gasteiger charge is 2.21. The van der Waals surface area contributed by atoms with E-state index in [-0.39, 0.29) is 11.9 Å². The topological polar surface area (TPSA) is 49.2 Å². The van der Waals surface area contributed by atoms with Gasteiger partial charge in [-0.1, -0.05) is 30.0 Å². The highest BCUT2D eigenvalue weighted by molar-refractivity contribution is 7.99. The Morgan fingerprint density at radius 3 is 2.68 bits per heavy atom. The van der Waals surface area contributed by atoms with E-state index in [0.717, 1.165) is 47.5 Å². The molecule has 3 aromatic rings. The molecule has 28 heavy (non-hydrogen) atoms. The van der Waals surface area contributed by atoms with Crippen LogP contribution in [-0.4, -0.2) is 39.8 Å². The number of hydrogen-bond acceptors (Lipinski definition) is 5. The smallest absolute Gasteiger partial charge is 0.191 e. The lowest BCUT2D eigenvalue weighted by Crippen LogP contribution is -2.17. The van der Waals surface area contributed by atoms with Crippen LogP contribution in [0.4, 0.5) is 4.39 Å². The minimum absolute atomic E-state index is 0.162. The van der Waals surface area contributed by atoms with Crippen LogP contribution in [-0.2, 0) is 11.3 Å². The minimum atomic E-state index is -0.262. The van der Waals surface area contributed by atoms with Crippen LogP contribution in [0.3, 0.4) is 0 Å². The van der Waals surface area contributed by atoms with Crippen molar-refractivity contribution in [3.8, 4) is 17.1 Å². The van der Waals surface area contributed by atoms with E-state index in [1.807, 2.05) is 30.3 Å². The number of halogens is 1. The predicted molar refractivity (Wildman–Crippen MR) is 107 cm³/mol. The lowest BCUT2D eigenvalue weighted by Gasteiger charge is -2.15. The van der Waals surface area contributed by atoms with Gasteiger partial charge in [-0.15, -0.1) is 10.2 Å². The van der Waals surface area contributed by atoms with Gasteiger partial charge in [0.2, 0.25) is 0 Å². The molecule has 0 aliphatic carbocycles. The maximum atomic E-state index is 13.3. The number of aromatic nitrogens is 3. The van der Waals surface area contributed by atoms with Crippen molar-refractivity contribution in [2.24, 2.45) is 0 Å². The highest BCUT2D eigenvalue weighted by Crippen LogP contribution is 2.26. The van der Waals surface area contributed by atoms with Crippen LogP contribution >= 0.6 is 11.8 Å². The first-order chi connectivity index (χ1) is 13.8. The summed E-state index contributed by atoms with van der Waals surface area (Å²) >= 11 is 1.60. The summed E-state index contributed by atoms with van der Waals surface area (Å²) in [4.78, 5) is 0. The van der Waals surface area contributed by atoms with Gasteiger partial charge >= 0.3 is 0 Å². The molecule has 4 rings (SSSR count). The van der Waals surface area contributed by atoms with E-state index in [4.69, 9.17) is 9.47 Å². The number of benzene rings is 2. The van der Waals surface area contributed by atoms with E-state index in [9.17, 15) is 4.39 Å². The third-order valence-electron chi connectivity index (χ3n) is 4.56. The Labute approximate surface area is 167 Å². The molecular formula is C21H22FN3O2S. The monoisotopic (exact) mass is 399 g/mol. The Morgan fingerprint density at radius 2 is 1.93 bits per heavy atom. The first-order valence-corrected chi connectivity index (χ1v) is 10.4. The molecule has 1 aliphatic rings. The van der Waals surface area contributed by atoms with Gasteiger partial charge in [0.05, 0.1) is 19.3 Å². The number of para-hydroxylation sites is 1. The van der Waals surface area contributed by atoms with E-state index < -0.39 is 0 Å². The Hall–Kier alpha value is -2.38. The molecule has 1 saturated heterocycles. The van der Waals surface area contributed by atoms with E-state index in [1.165, 1.54) is 12.1 Å². The van der Waals surface area contributed by atoms with Gasteiger partial charge in [0.1, 0.15) is 11.6 Å². The summed E-state index contributed by atoms with van der Waals surface area (Å²) in [5.41, 5.74) is 0.847. The Bertz CT molecular complexity index is 880. The fourth-order valence-corrected chi connectivity index (χ4v) is 3.94. The standard InChI is InChI=1S/C21H22FN3O2S/c22-17-10-8-16(9-11-17)20-23-24-21(25(20)15-19-7-4-12-26-19)28-14-13-27-18-5-2-1-3-6-18/h1-3,5-6,8-11,19H,4,7,12-15H2. The van der Waals surface area contributed by atoms with Crippen molar-refractivity contribution in [3.05, 3.63) is 60.4 Å². The third-order valence-corrected chi connectivity index (χ3v) is 5.49. The fraction of sp³-hybridized carbons (Fsp3) is 0.333. The molecule has 2 aromatic carbocycles. The van der Waals surface area contributed by atoms with Gasteiger partial charge in [-0.25, -0.2) is 4.39 Å². The van der Waals surface area contributed by atoms with Crippen molar-refractivity contribution in [2.45, 2.75) is 30.6 Å². The molecule has 0 N–H and O–H groups in total. The van der Waals surface area contributed by atoms with Crippen LogP contribution in [0, 0.1) is 5.82 Å². The summed E-state index contributed by atoms with van der Waals surface area (Å²) in [7, 11) is 0. The molecule has 0 bridgehead atoms. The molecule has 2 heterocycles. The van der Waals surface area contributed by atoms with Crippen molar-refractivity contribution in [1.82, 2.24) is 14.8 Å². The number of nitrogens with zero attached hydrogens (tertiary/aromatic N) is 3. The van der Waals surface area contributed by atoms with Crippen molar-refractivity contribution in [1.29, 1.82) is 0 Å². The molecule has 0 amide bonds. The van der Waals surface area contributed by atoms with E-state index in [2.05, 4.69) is 14.8 Å². The largest absolute Gasteiger partial charge is 0.493 e. The Balaban J connectivity index is 1.46. The average Bonchev–Trinajstić information content (AvgIpc) is 3.38. The molecule has 1 fully saturated rings. The fourth-order valence-electron chi connectivity index (χ4n) is 3.17. The third kappa shape index (κ3) is 4.72. The summed E-state index contributed by atoms with van der Waals surface area (Å²) in [5.74, 6) is 2.08. The van der Waals surface area contributed by atoms with Gasteiger partial charge in [0.25, 0.3) is 0 Å². The number of thioether (sulfide) groups is 1. The highest BCUT2D eigenvalue weighted by atomic mass is 32.2. The molecule has 1 atom stereocenters. The maximum absolute atomic E-state index is 13.3. The van der Waals surface area contributed by atoms with Crippen LogP contribution in [0.1, 0.15) is 12.8 Å². The van der Waals surface area contributed by atoms with Gasteiger partial charge in [0.15, 0.2) is 11.0 Å². The van der Waals surface area contributed by atoms with Crippen molar-refractivity contribution in [3.63, 3.8) is 0 Å².